The van der Waals surface area contributed by atoms with Crippen LogP contribution in [0.1, 0.15) is 22.1 Å². The number of aromatic nitrogens is 1. The van der Waals surface area contributed by atoms with Crippen molar-refractivity contribution in [3.63, 3.8) is 0 Å². The predicted octanol–water partition coefficient (Wildman–Crippen LogP) is 1.77. The van der Waals surface area contributed by atoms with Gasteiger partial charge < -0.3 is 15.6 Å². The Hall–Kier alpha value is -2.34. The maximum absolute atomic E-state index is 12.9. The number of nitrogens with one attached hydrogen (secondary N) is 1. The van der Waals surface area contributed by atoms with E-state index in [2.05, 4.69) is 5.32 Å². The zero-order valence-electron chi connectivity index (χ0n) is 11.1. The number of halogens is 2. The Balaban J connectivity index is 2.24. The second kappa shape index (κ2) is 5.97. The van der Waals surface area contributed by atoms with Gasteiger partial charge in [-0.3, -0.25) is 9.59 Å². The van der Waals surface area contributed by atoms with Crippen LogP contribution in [0.4, 0.5) is 4.39 Å². The van der Waals surface area contributed by atoms with Gasteiger partial charge in [-0.2, -0.15) is 0 Å². The van der Waals surface area contributed by atoms with Crippen LogP contribution in [0.25, 0.3) is 0 Å². The number of carbonyl (C=O) groups is 2. The molecule has 0 aliphatic rings. The van der Waals surface area contributed by atoms with E-state index in [-0.39, 0.29) is 5.69 Å². The molecule has 0 fully saturated rings. The average molecular weight is 310 g/mol. The van der Waals surface area contributed by atoms with E-state index in [0.717, 1.165) is 0 Å². The molecule has 110 valence electrons. The molecule has 7 heteroatoms. The number of aryl methyl sites for hydroxylation is 1. The van der Waals surface area contributed by atoms with Crippen molar-refractivity contribution in [3.8, 4) is 0 Å². The SMILES string of the molecule is Cn1cc(Cl)cc1C(=O)NC(C(N)=O)c1ccc(F)cc1. The highest BCUT2D eigenvalue weighted by molar-refractivity contribution is 6.31. The van der Waals surface area contributed by atoms with Crippen LogP contribution in [0.2, 0.25) is 5.02 Å². The zero-order chi connectivity index (χ0) is 15.6. The third kappa shape index (κ3) is 3.41. The lowest BCUT2D eigenvalue weighted by atomic mass is 10.1. The molecular weight excluding hydrogens is 297 g/mol. The van der Waals surface area contributed by atoms with Crippen molar-refractivity contribution in [2.45, 2.75) is 6.04 Å². The van der Waals surface area contributed by atoms with Crippen LogP contribution >= 0.6 is 11.6 Å². The largest absolute Gasteiger partial charge is 0.368 e. The molecule has 2 amide bonds. The predicted molar refractivity (Wildman–Crippen MR) is 76.2 cm³/mol. The van der Waals surface area contributed by atoms with E-state index < -0.39 is 23.7 Å². The summed E-state index contributed by atoms with van der Waals surface area (Å²) in [5.41, 5.74) is 5.98. The van der Waals surface area contributed by atoms with E-state index in [1.54, 1.807) is 13.2 Å². The molecule has 1 heterocycles. The van der Waals surface area contributed by atoms with Crippen LogP contribution in [-0.4, -0.2) is 16.4 Å². The molecule has 1 aromatic carbocycles. The third-order valence-electron chi connectivity index (χ3n) is 2.97. The van der Waals surface area contributed by atoms with Gasteiger partial charge in [0.05, 0.1) is 5.02 Å². The van der Waals surface area contributed by atoms with Crippen LogP contribution in [0.15, 0.2) is 36.5 Å². The molecule has 0 bridgehead atoms. The molecule has 2 rings (SSSR count). The lowest BCUT2D eigenvalue weighted by molar-refractivity contribution is -0.120. The van der Waals surface area contributed by atoms with Crippen molar-refractivity contribution in [1.82, 2.24) is 9.88 Å². The van der Waals surface area contributed by atoms with Crippen molar-refractivity contribution in [2.75, 3.05) is 0 Å². The molecule has 0 aliphatic carbocycles. The summed E-state index contributed by atoms with van der Waals surface area (Å²) in [4.78, 5) is 23.7. The molecule has 1 unspecified atom stereocenters. The quantitative estimate of drug-likeness (QED) is 0.903. The van der Waals surface area contributed by atoms with Crippen molar-refractivity contribution < 1.29 is 14.0 Å². The first kappa shape index (κ1) is 15.1. The second-order valence-corrected chi connectivity index (χ2v) is 4.95. The molecule has 0 aliphatic heterocycles. The molecule has 21 heavy (non-hydrogen) atoms. The number of nitrogens with zero attached hydrogens (tertiary/aromatic N) is 1. The smallest absolute Gasteiger partial charge is 0.268 e. The number of nitrogens with two attached hydrogens (primary N) is 1. The fraction of sp³-hybridized carbons (Fsp3) is 0.143. The Kier molecular flexibility index (Phi) is 4.28. The maximum Gasteiger partial charge on any atom is 0.268 e. The summed E-state index contributed by atoms with van der Waals surface area (Å²) in [5, 5.41) is 2.91. The Morgan fingerprint density at radius 1 is 1.33 bits per heavy atom. The average Bonchev–Trinajstić information content (AvgIpc) is 2.76. The number of benzene rings is 1. The van der Waals surface area contributed by atoms with Gasteiger partial charge in [0, 0.05) is 13.2 Å². The van der Waals surface area contributed by atoms with Gasteiger partial charge in [-0.05, 0) is 23.8 Å². The van der Waals surface area contributed by atoms with Crippen LogP contribution in [0, 0.1) is 5.82 Å². The zero-order valence-corrected chi connectivity index (χ0v) is 11.9. The first-order valence-corrected chi connectivity index (χ1v) is 6.44. The fourth-order valence-electron chi connectivity index (χ4n) is 1.93. The Bertz CT molecular complexity index is 682. The van der Waals surface area contributed by atoms with Crippen molar-refractivity contribution >= 4 is 23.4 Å². The number of amides is 2. The van der Waals surface area contributed by atoms with Gasteiger partial charge in [-0.15, -0.1) is 0 Å². The molecule has 0 spiro atoms. The van der Waals surface area contributed by atoms with Gasteiger partial charge in [-0.1, -0.05) is 23.7 Å². The molecule has 1 aromatic heterocycles. The van der Waals surface area contributed by atoms with Crippen molar-refractivity contribution in [3.05, 3.63) is 58.6 Å². The van der Waals surface area contributed by atoms with Crippen LogP contribution < -0.4 is 11.1 Å². The lowest BCUT2D eigenvalue weighted by Crippen LogP contribution is -2.38. The van der Waals surface area contributed by atoms with Gasteiger partial charge in [0.25, 0.3) is 5.91 Å². The molecule has 1 atom stereocenters. The Morgan fingerprint density at radius 3 is 2.43 bits per heavy atom. The van der Waals surface area contributed by atoms with Crippen molar-refractivity contribution in [2.24, 2.45) is 12.8 Å². The minimum absolute atomic E-state index is 0.286. The monoisotopic (exact) mass is 309 g/mol. The lowest BCUT2D eigenvalue weighted by Gasteiger charge is -2.16. The summed E-state index contributed by atoms with van der Waals surface area (Å²) in [6, 6.07) is 5.59. The van der Waals surface area contributed by atoms with E-state index in [1.165, 1.54) is 34.9 Å². The second-order valence-electron chi connectivity index (χ2n) is 4.51. The highest BCUT2D eigenvalue weighted by Crippen LogP contribution is 2.16. The molecule has 0 radical (unpaired) electrons. The maximum atomic E-state index is 12.9. The third-order valence-corrected chi connectivity index (χ3v) is 3.17. The summed E-state index contributed by atoms with van der Waals surface area (Å²) in [6.45, 7) is 0. The van der Waals surface area contributed by atoms with E-state index in [1.807, 2.05) is 0 Å². The van der Waals surface area contributed by atoms with Gasteiger partial charge in [0.1, 0.15) is 17.6 Å². The fourth-order valence-corrected chi connectivity index (χ4v) is 2.18. The highest BCUT2D eigenvalue weighted by Gasteiger charge is 2.22. The molecule has 5 nitrogen and oxygen atoms in total. The minimum Gasteiger partial charge on any atom is -0.368 e. The van der Waals surface area contributed by atoms with Gasteiger partial charge >= 0.3 is 0 Å². The molecule has 0 saturated heterocycles. The van der Waals surface area contributed by atoms with Gasteiger partial charge in [-0.25, -0.2) is 4.39 Å². The van der Waals surface area contributed by atoms with E-state index in [4.69, 9.17) is 17.3 Å². The summed E-state index contributed by atoms with van der Waals surface area (Å²) in [5.74, 6) is -1.68. The molecule has 3 N–H and O–H groups in total. The number of rotatable bonds is 4. The van der Waals surface area contributed by atoms with Crippen LogP contribution in [-0.2, 0) is 11.8 Å². The van der Waals surface area contributed by atoms with Gasteiger partial charge in [0.2, 0.25) is 5.91 Å². The van der Waals surface area contributed by atoms with Crippen molar-refractivity contribution in [1.29, 1.82) is 0 Å². The van der Waals surface area contributed by atoms with Crippen LogP contribution in [0.5, 0.6) is 0 Å². The summed E-state index contributed by atoms with van der Waals surface area (Å²) < 4.78 is 14.4. The van der Waals surface area contributed by atoms with Gasteiger partial charge in [0.15, 0.2) is 0 Å². The topological polar surface area (TPSA) is 77.1 Å². The Morgan fingerprint density at radius 2 is 1.95 bits per heavy atom. The van der Waals surface area contributed by atoms with E-state index in [0.29, 0.717) is 10.6 Å². The first-order chi connectivity index (χ1) is 9.88. The van der Waals surface area contributed by atoms with E-state index in [9.17, 15) is 14.0 Å². The van der Waals surface area contributed by atoms with E-state index >= 15 is 0 Å². The van der Waals surface area contributed by atoms with Crippen LogP contribution in [0.3, 0.4) is 0 Å². The normalized spacial score (nSPS) is 12.0. The number of hydrogen-bond donors (Lipinski definition) is 2. The first-order valence-electron chi connectivity index (χ1n) is 6.06. The molecule has 0 saturated carbocycles. The highest BCUT2D eigenvalue weighted by atomic mass is 35.5. The molecule has 2 aromatic rings. The number of carbonyl (C=O) groups excluding carboxylic acids is 2. The summed E-state index contributed by atoms with van der Waals surface area (Å²) >= 11 is 5.81. The standard InChI is InChI=1S/C14H13ClFN3O2/c1-19-7-9(15)6-11(19)14(21)18-12(13(17)20)8-2-4-10(16)5-3-8/h2-7,12H,1H3,(H2,17,20)(H,18,21). The summed E-state index contributed by atoms with van der Waals surface area (Å²) in [6.07, 6.45) is 1.56. The minimum atomic E-state index is -1.05. The Labute approximate surface area is 125 Å². The summed E-state index contributed by atoms with van der Waals surface area (Å²) in [7, 11) is 1.65. The number of primary amides is 1. The number of hydrogen-bond acceptors (Lipinski definition) is 2. The molecular formula is C14H13ClFN3O2.